The number of hydrogen-bond acceptors (Lipinski definition) is 5. The van der Waals surface area contributed by atoms with Crippen LogP contribution in [0.5, 0.6) is 0 Å². The van der Waals surface area contributed by atoms with Gasteiger partial charge in [0.2, 0.25) is 5.91 Å². The summed E-state index contributed by atoms with van der Waals surface area (Å²) in [5.74, 6) is 1.10. The summed E-state index contributed by atoms with van der Waals surface area (Å²) in [6.45, 7) is 12.9. The summed E-state index contributed by atoms with van der Waals surface area (Å²) in [5.41, 5.74) is 1.36. The first-order valence-electron chi connectivity index (χ1n) is 10.2. The average molecular weight is 410 g/mol. The van der Waals surface area contributed by atoms with Gasteiger partial charge in [-0.05, 0) is 45.4 Å². The third kappa shape index (κ3) is 5.78. The highest BCUT2D eigenvalue weighted by atomic mass is 35.5. The van der Waals surface area contributed by atoms with E-state index < -0.39 is 4.87 Å². The van der Waals surface area contributed by atoms with Crippen LogP contribution in [-0.4, -0.2) is 70.1 Å². The number of nitrogens with zero attached hydrogens (tertiary/aromatic N) is 5. The fourth-order valence-corrected chi connectivity index (χ4v) is 3.91. The maximum absolute atomic E-state index is 12.9. The van der Waals surface area contributed by atoms with Crippen LogP contribution in [0, 0.1) is 5.92 Å². The molecule has 8 heteroatoms. The Morgan fingerprint density at radius 1 is 1.39 bits per heavy atom. The largest absolute Gasteiger partial charge is 0.379 e. The predicted molar refractivity (Wildman–Crippen MR) is 111 cm³/mol. The molecule has 156 valence electrons. The molecule has 28 heavy (non-hydrogen) atoms. The highest BCUT2D eigenvalue weighted by molar-refractivity contribution is 6.36. The molecule has 1 atom stereocenters. The smallest absolute Gasteiger partial charge is 0.248 e. The molecular formula is C20H32ClN5O2. The number of aromatic nitrogens is 3. The molecule has 1 amide bonds. The Balaban J connectivity index is 1.62. The van der Waals surface area contributed by atoms with E-state index in [4.69, 9.17) is 16.3 Å². The van der Waals surface area contributed by atoms with E-state index in [-0.39, 0.29) is 5.91 Å². The van der Waals surface area contributed by atoms with Gasteiger partial charge in [-0.15, -0.1) is 16.7 Å². The first-order valence-corrected chi connectivity index (χ1v) is 10.6. The molecule has 1 aliphatic heterocycles. The topological polar surface area (TPSA) is 63.5 Å². The number of carbonyl (C=O) groups excluding carboxylic acids is 1. The standard InChI is InChI=1S/C20H32ClN5O2/c1-16-4-5-17(14-16)6-7-25-15-18(22-23-25)26(19(27)20(2,3)21)9-8-24-10-12-28-13-11-24/h15,17H,1,4-14H2,2-3H3. The summed E-state index contributed by atoms with van der Waals surface area (Å²) in [4.78, 5) is 15.9. The second kappa shape index (κ2) is 9.37. The van der Waals surface area contributed by atoms with E-state index in [0.717, 1.165) is 58.7 Å². The molecule has 1 aliphatic carbocycles. The maximum atomic E-state index is 12.9. The number of allylic oxidation sites excluding steroid dienone is 1. The van der Waals surface area contributed by atoms with E-state index in [0.29, 0.717) is 18.3 Å². The molecule has 1 saturated heterocycles. The minimum Gasteiger partial charge on any atom is -0.379 e. The van der Waals surface area contributed by atoms with Gasteiger partial charge in [-0.1, -0.05) is 17.4 Å². The Labute approximate surface area is 172 Å². The van der Waals surface area contributed by atoms with Gasteiger partial charge in [-0.2, -0.15) is 0 Å². The molecule has 2 heterocycles. The van der Waals surface area contributed by atoms with Crippen LogP contribution in [0.15, 0.2) is 18.3 Å². The average Bonchev–Trinajstić information content (AvgIpc) is 3.29. The minimum atomic E-state index is -0.987. The Morgan fingerprint density at radius 3 is 2.79 bits per heavy atom. The zero-order chi connectivity index (χ0) is 20.1. The lowest BCUT2D eigenvalue weighted by atomic mass is 10.0. The highest BCUT2D eigenvalue weighted by Crippen LogP contribution is 2.31. The molecule has 0 radical (unpaired) electrons. The first kappa shape index (κ1) is 21.3. The van der Waals surface area contributed by atoms with Gasteiger partial charge in [0.05, 0.1) is 19.4 Å². The molecule has 1 saturated carbocycles. The van der Waals surface area contributed by atoms with Crippen molar-refractivity contribution in [1.82, 2.24) is 19.9 Å². The quantitative estimate of drug-likeness (QED) is 0.488. The zero-order valence-corrected chi connectivity index (χ0v) is 17.8. The first-order chi connectivity index (χ1) is 13.3. The van der Waals surface area contributed by atoms with Crippen LogP contribution in [0.1, 0.15) is 39.5 Å². The van der Waals surface area contributed by atoms with Crippen molar-refractivity contribution in [2.45, 2.75) is 50.9 Å². The molecule has 0 aromatic carbocycles. The fourth-order valence-electron chi connectivity index (χ4n) is 3.81. The van der Waals surface area contributed by atoms with Crippen molar-refractivity contribution >= 4 is 23.3 Å². The van der Waals surface area contributed by atoms with Crippen LogP contribution in [0.4, 0.5) is 5.82 Å². The molecule has 1 unspecified atom stereocenters. The Kier molecular flexibility index (Phi) is 7.12. The molecule has 1 aromatic heterocycles. The normalized spacial score (nSPS) is 21.2. The lowest BCUT2D eigenvalue weighted by molar-refractivity contribution is -0.120. The fraction of sp³-hybridized carbons (Fsp3) is 0.750. The van der Waals surface area contributed by atoms with Crippen molar-refractivity contribution in [3.05, 3.63) is 18.3 Å². The van der Waals surface area contributed by atoms with E-state index >= 15 is 0 Å². The van der Waals surface area contributed by atoms with Crippen molar-refractivity contribution < 1.29 is 9.53 Å². The molecule has 2 aliphatic rings. The Bertz CT molecular complexity index is 678. The molecule has 2 fully saturated rings. The third-order valence-corrected chi connectivity index (χ3v) is 5.71. The Morgan fingerprint density at radius 2 is 2.14 bits per heavy atom. The summed E-state index contributed by atoms with van der Waals surface area (Å²) in [6.07, 6.45) is 6.40. The second-order valence-electron chi connectivity index (χ2n) is 8.37. The van der Waals surface area contributed by atoms with Gasteiger partial charge in [-0.3, -0.25) is 19.3 Å². The van der Waals surface area contributed by atoms with Crippen LogP contribution in [0.3, 0.4) is 0 Å². The van der Waals surface area contributed by atoms with E-state index in [2.05, 4.69) is 21.8 Å². The van der Waals surface area contributed by atoms with Crippen molar-refractivity contribution in [2.24, 2.45) is 5.92 Å². The summed E-state index contributed by atoms with van der Waals surface area (Å²) >= 11 is 6.33. The van der Waals surface area contributed by atoms with Crippen LogP contribution >= 0.6 is 11.6 Å². The SMILES string of the molecule is C=C1CCC(CCn2cc(N(CCN3CCOCC3)C(=O)C(C)(C)Cl)nn2)C1. The van der Waals surface area contributed by atoms with Gasteiger partial charge in [0.15, 0.2) is 5.82 Å². The number of anilines is 1. The maximum Gasteiger partial charge on any atom is 0.248 e. The van der Waals surface area contributed by atoms with Crippen LogP contribution in [0.25, 0.3) is 0 Å². The molecule has 7 nitrogen and oxygen atoms in total. The van der Waals surface area contributed by atoms with E-state index in [1.807, 2.05) is 10.9 Å². The van der Waals surface area contributed by atoms with E-state index in [9.17, 15) is 4.79 Å². The molecule has 0 bridgehead atoms. The lowest BCUT2D eigenvalue weighted by Gasteiger charge is -2.31. The summed E-state index contributed by atoms with van der Waals surface area (Å²) < 4.78 is 7.24. The minimum absolute atomic E-state index is 0.151. The van der Waals surface area contributed by atoms with Gasteiger partial charge >= 0.3 is 0 Å². The van der Waals surface area contributed by atoms with Crippen LogP contribution < -0.4 is 4.90 Å². The number of halogens is 1. The Hall–Kier alpha value is -1.44. The van der Waals surface area contributed by atoms with Crippen LogP contribution in [-0.2, 0) is 16.1 Å². The van der Waals surface area contributed by atoms with E-state index in [1.54, 1.807) is 18.7 Å². The monoisotopic (exact) mass is 409 g/mol. The number of amides is 1. The van der Waals surface area contributed by atoms with Gasteiger partial charge in [0, 0.05) is 32.7 Å². The number of aryl methyl sites for hydroxylation is 1. The molecule has 0 spiro atoms. The van der Waals surface area contributed by atoms with Crippen molar-refractivity contribution in [3.63, 3.8) is 0 Å². The van der Waals surface area contributed by atoms with Gasteiger partial charge in [0.25, 0.3) is 0 Å². The summed E-state index contributed by atoms with van der Waals surface area (Å²) in [7, 11) is 0. The highest BCUT2D eigenvalue weighted by Gasteiger charge is 2.32. The van der Waals surface area contributed by atoms with Gasteiger partial charge in [0.1, 0.15) is 4.87 Å². The second-order valence-corrected chi connectivity index (χ2v) is 9.32. The van der Waals surface area contributed by atoms with Crippen molar-refractivity contribution in [1.29, 1.82) is 0 Å². The molecular weight excluding hydrogens is 378 g/mol. The summed E-state index contributed by atoms with van der Waals surface area (Å²) in [6, 6.07) is 0. The number of hydrogen-bond donors (Lipinski definition) is 0. The predicted octanol–water partition coefficient (Wildman–Crippen LogP) is 2.71. The number of carbonyl (C=O) groups is 1. The number of rotatable bonds is 8. The lowest BCUT2D eigenvalue weighted by Crippen LogP contribution is -2.47. The molecule has 1 aromatic rings. The van der Waals surface area contributed by atoms with Gasteiger partial charge in [-0.25, -0.2) is 0 Å². The third-order valence-electron chi connectivity index (χ3n) is 5.55. The molecule has 3 rings (SSSR count). The van der Waals surface area contributed by atoms with Crippen LogP contribution in [0.2, 0.25) is 0 Å². The zero-order valence-electron chi connectivity index (χ0n) is 17.1. The van der Waals surface area contributed by atoms with Crippen molar-refractivity contribution in [2.75, 3.05) is 44.3 Å². The van der Waals surface area contributed by atoms with Crippen molar-refractivity contribution in [3.8, 4) is 0 Å². The number of ether oxygens (including phenoxy) is 1. The van der Waals surface area contributed by atoms with E-state index in [1.165, 1.54) is 12.0 Å². The van der Waals surface area contributed by atoms with Gasteiger partial charge < -0.3 is 4.74 Å². The number of morpholine rings is 1. The summed E-state index contributed by atoms with van der Waals surface area (Å²) in [5, 5.41) is 8.52. The number of alkyl halides is 1. The molecule has 0 N–H and O–H groups in total.